The van der Waals surface area contributed by atoms with E-state index in [0.717, 1.165) is 0 Å². The Hall–Kier alpha value is -2.99. The number of hydrogen-bond donors (Lipinski definition) is 2. The fourth-order valence-electron chi connectivity index (χ4n) is 3.62. The lowest BCUT2D eigenvalue weighted by molar-refractivity contribution is -0.166. The molecule has 1 aromatic rings. The molecule has 1 aromatic carbocycles. The van der Waals surface area contributed by atoms with Gasteiger partial charge in [0, 0.05) is 6.42 Å². The maximum absolute atomic E-state index is 13.4. The normalized spacial score (nSPS) is 19.6. The van der Waals surface area contributed by atoms with E-state index in [1.165, 1.54) is 0 Å². The molecular weight excluding hydrogens is 478 g/mol. The molecule has 1 aliphatic rings. The molecule has 2 rings (SSSR count). The van der Waals surface area contributed by atoms with Gasteiger partial charge in [0.1, 0.15) is 17.2 Å². The molecule has 2 atom stereocenters. The highest BCUT2D eigenvalue weighted by atomic mass is 32.2. The van der Waals surface area contributed by atoms with Crippen LogP contribution in [0.2, 0.25) is 0 Å². The summed E-state index contributed by atoms with van der Waals surface area (Å²) >= 11 is 0. The largest absolute Gasteiger partial charge is 0.444 e. The average Bonchev–Trinajstić information content (AvgIpc) is 2.89. The van der Waals surface area contributed by atoms with E-state index in [4.69, 9.17) is 4.74 Å². The first kappa shape index (κ1) is 28.2. The fourth-order valence-corrected chi connectivity index (χ4v) is 4.05. The lowest BCUT2D eigenvalue weighted by Crippen LogP contribution is -2.60. The van der Waals surface area contributed by atoms with Crippen LogP contribution in [0.1, 0.15) is 53.0 Å². The van der Waals surface area contributed by atoms with Crippen LogP contribution in [0, 0.1) is 5.92 Å². The Labute approximate surface area is 205 Å². The van der Waals surface area contributed by atoms with Gasteiger partial charge in [-0.1, -0.05) is 44.2 Å². The second-order valence-corrected chi connectivity index (χ2v) is 11.6. The van der Waals surface area contributed by atoms with Crippen LogP contribution in [0.15, 0.2) is 30.3 Å². The van der Waals surface area contributed by atoms with Crippen LogP contribution in [-0.2, 0) is 39.9 Å². The first-order valence-corrected chi connectivity index (χ1v) is 13.0. The van der Waals surface area contributed by atoms with Crippen LogP contribution in [0.4, 0.5) is 4.79 Å². The van der Waals surface area contributed by atoms with E-state index in [-0.39, 0.29) is 23.8 Å². The van der Waals surface area contributed by atoms with Crippen LogP contribution in [0.5, 0.6) is 0 Å². The lowest BCUT2D eigenvalue weighted by atomic mass is 9.88. The summed E-state index contributed by atoms with van der Waals surface area (Å²) in [6.45, 7) is 8.74. The van der Waals surface area contributed by atoms with E-state index in [1.807, 2.05) is 13.8 Å². The van der Waals surface area contributed by atoms with Gasteiger partial charge >= 0.3 is 6.09 Å². The van der Waals surface area contributed by atoms with E-state index < -0.39 is 57.5 Å². The second kappa shape index (κ2) is 10.7. The molecule has 12 heteroatoms. The Morgan fingerprint density at radius 3 is 2.26 bits per heavy atom. The topological polar surface area (TPSA) is 148 Å². The number of carbonyl (C=O) groups excluding carboxylic acids is 4. The first-order chi connectivity index (χ1) is 16.0. The van der Waals surface area contributed by atoms with Crippen molar-refractivity contribution in [2.45, 2.75) is 71.1 Å². The Morgan fingerprint density at radius 2 is 1.74 bits per heavy atom. The van der Waals surface area contributed by atoms with Gasteiger partial charge in [0.15, 0.2) is 0 Å². The van der Waals surface area contributed by atoms with Crippen molar-refractivity contribution >= 4 is 33.9 Å². The summed E-state index contributed by atoms with van der Waals surface area (Å²) in [6.07, 6.45) is -0.520. The maximum Gasteiger partial charge on any atom is 0.408 e. The third-order valence-corrected chi connectivity index (χ3v) is 5.33. The maximum atomic E-state index is 13.4. The van der Waals surface area contributed by atoms with Gasteiger partial charge in [-0.3, -0.25) is 14.4 Å². The summed E-state index contributed by atoms with van der Waals surface area (Å²) in [7, 11) is -4.19. The zero-order chi connectivity index (χ0) is 26.6. The summed E-state index contributed by atoms with van der Waals surface area (Å²) in [5, 5.41) is 5.30. The standard InChI is InChI=1S/C23H33N3O8S/c1-15(2)12-17(24-21(30)33-22(3,4)5)19(28)25-23(13-16-10-8-7-9-11-16)14-18(27)26(20(23)29)34-35(6,31)32/h7-11,15,17H,12-14H2,1-6H3,(H,24,30)(H,25,28)/t17-,23+/m0/s1. The number of ether oxygens (including phenoxy) is 1. The molecular formula is C23H33N3O8S. The van der Waals surface area contributed by atoms with E-state index >= 15 is 0 Å². The van der Waals surface area contributed by atoms with Crippen molar-refractivity contribution < 1.29 is 36.6 Å². The van der Waals surface area contributed by atoms with Gasteiger partial charge in [0.05, 0.1) is 12.7 Å². The number of rotatable bonds is 9. The Morgan fingerprint density at radius 1 is 1.14 bits per heavy atom. The summed E-state index contributed by atoms with van der Waals surface area (Å²) in [5.74, 6) is -2.68. The summed E-state index contributed by atoms with van der Waals surface area (Å²) in [4.78, 5) is 51.6. The van der Waals surface area contributed by atoms with Gasteiger partial charge in [-0.15, -0.1) is 9.35 Å². The van der Waals surface area contributed by atoms with Crippen molar-refractivity contribution in [3.05, 3.63) is 35.9 Å². The fraction of sp³-hybridized carbons (Fsp3) is 0.565. The van der Waals surface area contributed by atoms with E-state index in [9.17, 15) is 27.6 Å². The summed E-state index contributed by atoms with van der Waals surface area (Å²) < 4.78 is 33.1. The van der Waals surface area contributed by atoms with Crippen LogP contribution in [0.25, 0.3) is 0 Å². The number of nitrogens with zero attached hydrogens (tertiary/aromatic N) is 1. The third-order valence-electron chi connectivity index (χ3n) is 4.91. The molecule has 1 fully saturated rings. The molecule has 35 heavy (non-hydrogen) atoms. The third kappa shape index (κ3) is 8.32. The van der Waals surface area contributed by atoms with Gasteiger partial charge in [-0.25, -0.2) is 4.79 Å². The van der Waals surface area contributed by atoms with Crippen molar-refractivity contribution in [2.24, 2.45) is 5.92 Å². The molecule has 2 N–H and O–H groups in total. The molecule has 1 saturated heterocycles. The highest BCUT2D eigenvalue weighted by molar-refractivity contribution is 7.85. The van der Waals surface area contributed by atoms with Gasteiger partial charge in [-0.05, 0) is 38.7 Å². The summed E-state index contributed by atoms with van der Waals surface area (Å²) in [6, 6.07) is 7.54. The number of hydrogen-bond acceptors (Lipinski definition) is 8. The number of alkyl carbamates (subject to hydrolysis) is 1. The first-order valence-electron chi connectivity index (χ1n) is 11.1. The minimum Gasteiger partial charge on any atom is -0.444 e. The molecule has 1 heterocycles. The van der Waals surface area contributed by atoms with Gasteiger partial charge < -0.3 is 15.4 Å². The minimum atomic E-state index is -4.19. The number of nitrogens with one attached hydrogen (secondary N) is 2. The van der Waals surface area contributed by atoms with Crippen molar-refractivity contribution in [3.63, 3.8) is 0 Å². The second-order valence-electron chi connectivity index (χ2n) is 10.0. The van der Waals surface area contributed by atoms with E-state index in [2.05, 4.69) is 14.9 Å². The van der Waals surface area contributed by atoms with Crippen molar-refractivity contribution in [1.29, 1.82) is 0 Å². The summed E-state index contributed by atoms with van der Waals surface area (Å²) in [5.41, 5.74) is -1.99. The molecule has 1 aliphatic heterocycles. The van der Waals surface area contributed by atoms with Crippen LogP contribution in [-0.4, -0.2) is 60.7 Å². The zero-order valence-corrected chi connectivity index (χ0v) is 21.6. The molecule has 0 aromatic heterocycles. The number of benzene rings is 1. The van der Waals surface area contributed by atoms with Crippen molar-refractivity contribution in [3.8, 4) is 0 Å². The van der Waals surface area contributed by atoms with Crippen molar-refractivity contribution in [1.82, 2.24) is 15.7 Å². The van der Waals surface area contributed by atoms with E-state index in [1.54, 1.807) is 51.1 Å². The Kier molecular flexibility index (Phi) is 8.66. The molecule has 0 saturated carbocycles. The molecule has 0 unspecified atom stereocenters. The highest BCUT2D eigenvalue weighted by Gasteiger charge is 2.55. The molecule has 194 valence electrons. The molecule has 11 nitrogen and oxygen atoms in total. The Bertz CT molecular complexity index is 1070. The van der Waals surface area contributed by atoms with Crippen LogP contribution in [0.3, 0.4) is 0 Å². The predicted octanol–water partition coefficient (Wildman–Crippen LogP) is 1.67. The highest BCUT2D eigenvalue weighted by Crippen LogP contribution is 2.30. The monoisotopic (exact) mass is 511 g/mol. The van der Waals surface area contributed by atoms with Crippen LogP contribution >= 0.6 is 0 Å². The quantitative estimate of drug-likeness (QED) is 0.476. The molecule has 0 aliphatic carbocycles. The molecule has 0 spiro atoms. The number of amides is 4. The van der Waals surface area contributed by atoms with Gasteiger partial charge in [-0.2, -0.15) is 8.42 Å². The van der Waals surface area contributed by atoms with Crippen LogP contribution < -0.4 is 10.6 Å². The van der Waals surface area contributed by atoms with E-state index in [0.29, 0.717) is 11.8 Å². The Balaban J connectivity index is 2.38. The molecule has 4 amide bonds. The zero-order valence-electron chi connectivity index (χ0n) is 20.8. The molecule has 0 bridgehead atoms. The smallest absolute Gasteiger partial charge is 0.408 e. The number of imide groups is 1. The number of carbonyl (C=O) groups is 4. The van der Waals surface area contributed by atoms with Gasteiger partial charge in [0.2, 0.25) is 5.91 Å². The molecule has 0 radical (unpaired) electrons. The minimum absolute atomic E-state index is 0.0169. The van der Waals surface area contributed by atoms with Crippen molar-refractivity contribution in [2.75, 3.05) is 6.26 Å². The average molecular weight is 512 g/mol. The SMILES string of the molecule is CC(C)C[C@H](NC(=O)OC(C)(C)C)C(=O)N[C@]1(Cc2ccccc2)CC(=O)N(OS(C)(=O)=O)C1=O. The lowest BCUT2D eigenvalue weighted by Gasteiger charge is -2.31. The predicted molar refractivity (Wildman–Crippen MR) is 126 cm³/mol. The van der Waals surface area contributed by atoms with Gasteiger partial charge in [0.25, 0.3) is 21.9 Å². The number of hydroxylamine groups is 2.